The first-order valence-corrected chi connectivity index (χ1v) is 11.3. The van der Waals surface area contributed by atoms with Gasteiger partial charge in [0.05, 0.1) is 12.1 Å². The molecule has 1 amide bonds. The van der Waals surface area contributed by atoms with E-state index in [1.54, 1.807) is 16.2 Å². The lowest BCUT2D eigenvalue weighted by Crippen LogP contribution is -2.36. The number of rotatable bonds is 6. The molecule has 8 nitrogen and oxygen atoms in total. The van der Waals surface area contributed by atoms with Crippen molar-refractivity contribution in [3.8, 4) is 10.6 Å². The third kappa shape index (κ3) is 4.10. The van der Waals surface area contributed by atoms with Crippen LogP contribution in [-0.2, 0) is 4.74 Å². The fourth-order valence-electron chi connectivity index (χ4n) is 3.75. The van der Waals surface area contributed by atoms with Crippen LogP contribution in [-0.4, -0.2) is 38.7 Å². The van der Waals surface area contributed by atoms with Crippen LogP contribution in [0.5, 0.6) is 0 Å². The number of amides is 1. The van der Waals surface area contributed by atoms with Crippen molar-refractivity contribution >= 4 is 29.2 Å². The van der Waals surface area contributed by atoms with Gasteiger partial charge in [0.25, 0.3) is 0 Å². The third-order valence-corrected chi connectivity index (χ3v) is 6.84. The minimum Gasteiger partial charge on any atom is -0.447 e. The van der Waals surface area contributed by atoms with E-state index in [0.717, 1.165) is 39.7 Å². The molecule has 5 rings (SSSR count). The second-order valence-corrected chi connectivity index (χ2v) is 9.23. The number of carbonyl (C=O) groups excluding carboxylic acids is 1. The van der Waals surface area contributed by atoms with Gasteiger partial charge in [0, 0.05) is 40.3 Å². The maximum absolute atomic E-state index is 12.4. The van der Waals surface area contributed by atoms with Crippen LogP contribution < -0.4 is 10.2 Å². The molecule has 0 radical (unpaired) electrons. The van der Waals surface area contributed by atoms with E-state index in [0.29, 0.717) is 24.3 Å². The zero-order chi connectivity index (χ0) is 21.5. The van der Waals surface area contributed by atoms with Gasteiger partial charge >= 0.3 is 6.09 Å². The summed E-state index contributed by atoms with van der Waals surface area (Å²) in [5.41, 5.74) is 2.78. The number of cyclic esters (lactones) is 1. The SMILES string of the molecule is Cc1ccc(-c2ncc([C@H](C)Nc3nc(C)cc(N4C(=O)OC[C@@H]4C4CC4)n3)s2)cn1. The van der Waals surface area contributed by atoms with Crippen LogP contribution in [0.2, 0.25) is 0 Å². The van der Waals surface area contributed by atoms with E-state index < -0.39 is 0 Å². The molecule has 0 aromatic carbocycles. The molecule has 0 bridgehead atoms. The predicted octanol–water partition coefficient (Wildman–Crippen LogP) is 4.52. The molecule has 3 aromatic heterocycles. The second kappa shape index (κ2) is 7.88. The van der Waals surface area contributed by atoms with Crippen molar-refractivity contribution in [2.24, 2.45) is 5.92 Å². The van der Waals surface area contributed by atoms with Crippen molar-refractivity contribution in [2.75, 3.05) is 16.8 Å². The highest BCUT2D eigenvalue weighted by Gasteiger charge is 2.44. The van der Waals surface area contributed by atoms with Crippen LogP contribution >= 0.6 is 11.3 Å². The number of hydrogen-bond acceptors (Lipinski definition) is 8. The van der Waals surface area contributed by atoms with Crippen molar-refractivity contribution in [3.63, 3.8) is 0 Å². The van der Waals surface area contributed by atoms with Gasteiger partial charge in [-0.05, 0) is 51.7 Å². The zero-order valence-electron chi connectivity index (χ0n) is 17.7. The van der Waals surface area contributed by atoms with Crippen molar-refractivity contribution in [3.05, 3.63) is 46.9 Å². The van der Waals surface area contributed by atoms with Crippen LogP contribution in [0, 0.1) is 19.8 Å². The molecule has 4 heterocycles. The van der Waals surface area contributed by atoms with Gasteiger partial charge in [-0.15, -0.1) is 11.3 Å². The summed E-state index contributed by atoms with van der Waals surface area (Å²) in [6.07, 6.45) is 5.66. The summed E-state index contributed by atoms with van der Waals surface area (Å²) < 4.78 is 5.31. The summed E-state index contributed by atoms with van der Waals surface area (Å²) in [5, 5.41) is 4.29. The number of aromatic nitrogens is 4. The first-order chi connectivity index (χ1) is 15.0. The highest BCUT2D eigenvalue weighted by atomic mass is 32.1. The summed E-state index contributed by atoms with van der Waals surface area (Å²) in [6.45, 7) is 6.36. The molecule has 31 heavy (non-hydrogen) atoms. The Morgan fingerprint density at radius 2 is 2.00 bits per heavy atom. The molecule has 160 valence electrons. The lowest BCUT2D eigenvalue weighted by molar-refractivity contribution is 0.178. The van der Waals surface area contributed by atoms with Crippen LogP contribution in [0.4, 0.5) is 16.6 Å². The predicted molar refractivity (Wildman–Crippen MR) is 119 cm³/mol. The van der Waals surface area contributed by atoms with Crippen molar-refractivity contribution in [1.82, 2.24) is 19.9 Å². The van der Waals surface area contributed by atoms with Gasteiger partial charge in [-0.2, -0.15) is 4.98 Å². The lowest BCUT2D eigenvalue weighted by atomic mass is 10.2. The van der Waals surface area contributed by atoms with E-state index in [9.17, 15) is 4.79 Å². The number of hydrogen-bond donors (Lipinski definition) is 1. The second-order valence-electron chi connectivity index (χ2n) is 8.16. The van der Waals surface area contributed by atoms with Crippen molar-refractivity contribution < 1.29 is 9.53 Å². The largest absolute Gasteiger partial charge is 0.447 e. The molecule has 3 aromatic rings. The average molecular weight is 437 g/mol. The number of pyridine rings is 1. The Labute approximate surface area is 184 Å². The van der Waals surface area contributed by atoms with Crippen LogP contribution in [0.25, 0.3) is 10.6 Å². The fraction of sp³-hybridized carbons (Fsp3) is 0.409. The average Bonchev–Trinajstić information content (AvgIpc) is 3.32. The number of anilines is 2. The first kappa shape index (κ1) is 19.9. The summed E-state index contributed by atoms with van der Waals surface area (Å²) in [4.78, 5) is 33.2. The Morgan fingerprint density at radius 3 is 2.74 bits per heavy atom. The number of nitrogens with zero attached hydrogens (tertiary/aromatic N) is 5. The summed E-state index contributed by atoms with van der Waals surface area (Å²) in [7, 11) is 0. The molecule has 1 aliphatic carbocycles. The fourth-order valence-corrected chi connectivity index (χ4v) is 4.66. The van der Waals surface area contributed by atoms with Gasteiger partial charge in [0.2, 0.25) is 5.95 Å². The monoisotopic (exact) mass is 436 g/mol. The number of nitrogens with one attached hydrogen (secondary N) is 1. The molecule has 2 atom stereocenters. The Bertz CT molecular complexity index is 1110. The lowest BCUT2D eigenvalue weighted by Gasteiger charge is -2.21. The molecule has 2 aliphatic rings. The molecular formula is C22H24N6O2S. The molecule has 9 heteroatoms. The molecule has 2 fully saturated rings. The Kier molecular flexibility index (Phi) is 5.05. The summed E-state index contributed by atoms with van der Waals surface area (Å²) in [6, 6.07) is 5.89. The van der Waals surface area contributed by atoms with Gasteiger partial charge in [0.1, 0.15) is 17.4 Å². The van der Waals surface area contributed by atoms with Crippen LogP contribution in [0.15, 0.2) is 30.6 Å². The number of ether oxygens (including phenoxy) is 1. The summed E-state index contributed by atoms with van der Waals surface area (Å²) >= 11 is 1.61. The molecule has 0 unspecified atom stereocenters. The topological polar surface area (TPSA) is 93.1 Å². The van der Waals surface area contributed by atoms with Gasteiger partial charge in [-0.3, -0.25) is 9.88 Å². The minimum absolute atomic E-state index is 0.0379. The molecular weight excluding hydrogens is 412 g/mol. The van der Waals surface area contributed by atoms with Crippen molar-refractivity contribution in [1.29, 1.82) is 0 Å². The van der Waals surface area contributed by atoms with Gasteiger partial charge in [0.15, 0.2) is 0 Å². The standard InChI is InChI=1S/C22H24N6O2S/c1-12-4-5-16(9-23-12)20-24-10-18(31-20)14(3)26-21-25-13(2)8-19(27-21)28-17(15-6-7-15)11-30-22(28)29/h4-5,8-10,14-15,17H,6-7,11H2,1-3H3,(H,25,26,27)/t14-,17+/m0/s1. The van der Waals surface area contributed by atoms with E-state index in [4.69, 9.17) is 4.74 Å². The van der Waals surface area contributed by atoms with Crippen LogP contribution in [0.3, 0.4) is 0 Å². The molecule has 1 saturated carbocycles. The molecule has 1 N–H and O–H groups in total. The van der Waals surface area contributed by atoms with Gasteiger partial charge in [-0.1, -0.05) is 0 Å². The van der Waals surface area contributed by atoms with Gasteiger partial charge < -0.3 is 10.1 Å². The first-order valence-electron chi connectivity index (χ1n) is 10.4. The Hall–Kier alpha value is -3.07. The van der Waals surface area contributed by atoms with E-state index in [-0.39, 0.29) is 18.2 Å². The third-order valence-electron chi connectivity index (χ3n) is 5.61. The highest BCUT2D eigenvalue weighted by molar-refractivity contribution is 7.15. The Balaban J connectivity index is 1.35. The van der Waals surface area contributed by atoms with E-state index in [1.165, 1.54) is 0 Å². The number of aryl methyl sites for hydroxylation is 2. The zero-order valence-corrected chi connectivity index (χ0v) is 18.5. The molecule has 1 aliphatic heterocycles. The van der Waals surface area contributed by atoms with Crippen molar-refractivity contribution in [2.45, 2.75) is 45.7 Å². The Morgan fingerprint density at radius 1 is 1.16 bits per heavy atom. The summed E-state index contributed by atoms with van der Waals surface area (Å²) in [5.74, 6) is 1.59. The number of thiazole rings is 1. The minimum atomic E-state index is -0.326. The van der Waals surface area contributed by atoms with E-state index >= 15 is 0 Å². The molecule has 1 saturated heterocycles. The normalized spacial score (nSPS) is 19.4. The molecule has 0 spiro atoms. The maximum atomic E-state index is 12.4. The quantitative estimate of drug-likeness (QED) is 0.607. The maximum Gasteiger partial charge on any atom is 0.415 e. The number of carbonyl (C=O) groups is 1. The van der Waals surface area contributed by atoms with E-state index in [2.05, 4.69) is 25.3 Å². The van der Waals surface area contributed by atoms with Crippen LogP contribution in [0.1, 0.15) is 42.1 Å². The van der Waals surface area contributed by atoms with Gasteiger partial charge in [-0.25, -0.2) is 14.8 Å². The highest BCUT2D eigenvalue weighted by Crippen LogP contribution is 2.40. The van der Waals surface area contributed by atoms with E-state index in [1.807, 2.05) is 51.4 Å². The smallest absolute Gasteiger partial charge is 0.415 e.